The van der Waals surface area contributed by atoms with E-state index in [1.807, 2.05) is 73.3 Å². The molecule has 192 valence electrons. The first-order valence-electron chi connectivity index (χ1n) is 12.3. The number of benzene rings is 3. The van der Waals surface area contributed by atoms with Crippen molar-refractivity contribution < 1.29 is 17.9 Å². The van der Waals surface area contributed by atoms with Gasteiger partial charge in [-0.1, -0.05) is 48.5 Å². The number of nitrogens with zero attached hydrogens (tertiary/aromatic N) is 2. The lowest BCUT2D eigenvalue weighted by atomic mass is 9.93. The lowest BCUT2D eigenvalue weighted by molar-refractivity contribution is -0.133. The van der Waals surface area contributed by atoms with Crippen LogP contribution in [0.25, 0.3) is 10.8 Å². The highest BCUT2D eigenvalue weighted by atomic mass is 32.2. The van der Waals surface area contributed by atoms with Gasteiger partial charge in [-0.25, -0.2) is 8.42 Å². The zero-order valence-electron chi connectivity index (χ0n) is 21.1. The first kappa shape index (κ1) is 25.4. The molecule has 5 rings (SSSR count). The number of amides is 1. The fourth-order valence-corrected chi connectivity index (χ4v) is 7.75. The molecule has 1 amide bonds. The monoisotopic (exact) mass is 534 g/mol. The Kier molecular flexibility index (Phi) is 7.07. The van der Waals surface area contributed by atoms with E-state index in [0.29, 0.717) is 11.9 Å². The third-order valence-electron chi connectivity index (χ3n) is 6.92. The normalized spacial score (nSPS) is 15.8. The van der Waals surface area contributed by atoms with E-state index in [0.717, 1.165) is 28.7 Å². The van der Waals surface area contributed by atoms with Crippen molar-refractivity contribution >= 4 is 38.0 Å². The molecular formula is C29H30N2O4S2. The molecule has 0 fully saturated rings. The molecule has 1 atom stereocenters. The molecule has 1 aliphatic heterocycles. The predicted octanol–water partition coefficient (Wildman–Crippen LogP) is 5.48. The van der Waals surface area contributed by atoms with Crippen molar-refractivity contribution in [2.75, 3.05) is 20.2 Å². The highest BCUT2D eigenvalue weighted by Crippen LogP contribution is 2.38. The maximum atomic E-state index is 13.9. The van der Waals surface area contributed by atoms with Gasteiger partial charge >= 0.3 is 0 Å². The minimum Gasteiger partial charge on any atom is -0.497 e. The van der Waals surface area contributed by atoms with Crippen molar-refractivity contribution in [2.24, 2.45) is 0 Å². The summed E-state index contributed by atoms with van der Waals surface area (Å²) in [7, 11) is -2.31. The predicted molar refractivity (Wildman–Crippen MR) is 148 cm³/mol. The van der Waals surface area contributed by atoms with E-state index in [-0.39, 0.29) is 23.4 Å². The lowest BCUT2D eigenvalue weighted by Gasteiger charge is -2.38. The summed E-state index contributed by atoms with van der Waals surface area (Å²) in [4.78, 5) is 17.2. The first-order valence-corrected chi connectivity index (χ1v) is 14.6. The van der Waals surface area contributed by atoms with Crippen molar-refractivity contribution in [1.29, 1.82) is 0 Å². The number of hydrogen-bond donors (Lipinski definition) is 0. The summed E-state index contributed by atoms with van der Waals surface area (Å²) in [6.07, 6.45) is 0.753. The second-order valence-corrected chi connectivity index (χ2v) is 12.3. The molecule has 1 aliphatic rings. The molecule has 0 aliphatic carbocycles. The number of carbonyl (C=O) groups excluding carboxylic acids is 1. The Hall–Kier alpha value is -3.20. The van der Waals surface area contributed by atoms with Crippen LogP contribution in [0.1, 0.15) is 35.9 Å². The maximum absolute atomic E-state index is 13.9. The van der Waals surface area contributed by atoms with Gasteiger partial charge in [0.05, 0.1) is 24.6 Å². The Labute approximate surface area is 222 Å². The summed E-state index contributed by atoms with van der Waals surface area (Å²) in [5, 5.41) is 3.56. The second kappa shape index (κ2) is 10.3. The van der Waals surface area contributed by atoms with E-state index in [1.54, 1.807) is 30.6 Å². The summed E-state index contributed by atoms with van der Waals surface area (Å²) < 4.78 is 34.5. The van der Waals surface area contributed by atoms with Crippen LogP contribution in [0, 0.1) is 0 Å². The molecule has 3 aromatic carbocycles. The number of sulfonamides is 1. The van der Waals surface area contributed by atoms with Crippen LogP contribution in [0.4, 0.5) is 0 Å². The average molecular weight is 535 g/mol. The van der Waals surface area contributed by atoms with Crippen LogP contribution < -0.4 is 4.74 Å². The molecule has 0 radical (unpaired) electrons. The Morgan fingerprint density at radius 1 is 1.05 bits per heavy atom. The molecule has 0 unspecified atom stereocenters. The van der Waals surface area contributed by atoms with Crippen molar-refractivity contribution in [3.63, 3.8) is 0 Å². The molecule has 0 saturated carbocycles. The first-order chi connectivity index (χ1) is 17.8. The quantitative estimate of drug-likeness (QED) is 0.315. The molecule has 37 heavy (non-hydrogen) atoms. The summed E-state index contributed by atoms with van der Waals surface area (Å²) in [5.41, 5.74) is 2.07. The zero-order chi connectivity index (χ0) is 26.2. The van der Waals surface area contributed by atoms with Crippen LogP contribution >= 0.6 is 11.3 Å². The lowest BCUT2D eigenvalue weighted by Crippen LogP contribution is -2.48. The standard InChI is InChI=1S/C29H30N2O4S2/c1-20(2)31(37(33,34)27-10-6-8-21-7-4-5-9-24(21)27)19-28(32)30-17-15-26-25(16-18-36-26)29(30)22-11-13-23(35-3)14-12-22/h4-14,16,18,20,29H,15,17,19H2,1-3H3/t29-/m0/s1. The fraction of sp³-hybridized carbons (Fsp3) is 0.276. The zero-order valence-corrected chi connectivity index (χ0v) is 22.8. The Bertz CT molecular complexity index is 1520. The van der Waals surface area contributed by atoms with Crippen molar-refractivity contribution in [3.8, 4) is 5.75 Å². The van der Waals surface area contributed by atoms with Crippen LogP contribution in [-0.2, 0) is 21.2 Å². The van der Waals surface area contributed by atoms with Gasteiger partial charge < -0.3 is 9.64 Å². The molecule has 2 heterocycles. The van der Waals surface area contributed by atoms with E-state index in [9.17, 15) is 13.2 Å². The SMILES string of the molecule is COc1ccc([C@H]2c3ccsc3CCN2C(=O)CN(C(C)C)S(=O)(=O)c2cccc3ccccc23)cc1. The second-order valence-electron chi connectivity index (χ2n) is 9.43. The van der Waals surface area contributed by atoms with Gasteiger partial charge in [-0.3, -0.25) is 4.79 Å². The van der Waals surface area contributed by atoms with Gasteiger partial charge in [0.25, 0.3) is 0 Å². The smallest absolute Gasteiger partial charge is 0.244 e. The minimum atomic E-state index is -3.93. The third-order valence-corrected chi connectivity index (χ3v) is 10.00. The van der Waals surface area contributed by atoms with Crippen LogP contribution in [0.3, 0.4) is 0 Å². The Morgan fingerprint density at radius 2 is 1.78 bits per heavy atom. The van der Waals surface area contributed by atoms with Gasteiger partial charge in [-0.05, 0) is 66.4 Å². The maximum Gasteiger partial charge on any atom is 0.244 e. The Balaban J connectivity index is 1.50. The molecule has 0 bridgehead atoms. The van der Waals surface area contributed by atoms with Crippen molar-refractivity contribution in [3.05, 3.63) is 94.2 Å². The van der Waals surface area contributed by atoms with Crippen molar-refractivity contribution in [2.45, 2.75) is 37.2 Å². The van der Waals surface area contributed by atoms with Gasteiger partial charge in [-0.15, -0.1) is 11.3 Å². The molecule has 0 spiro atoms. The molecule has 8 heteroatoms. The van der Waals surface area contributed by atoms with E-state index in [1.165, 1.54) is 9.18 Å². The van der Waals surface area contributed by atoms with Gasteiger partial charge in [0.2, 0.25) is 15.9 Å². The third kappa shape index (κ3) is 4.77. The van der Waals surface area contributed by atoms with Crippen molar-refractivity contribution in [1.82, 2.24) is 9.21 Å². The van der Waals surface area contributed by atoms with Crippen LogP contribution in [0.15, 0.2) is 83.1 Å². The molecule has 0 saturated heterocycles. The number of fused-ring (bicyclic) bond motifs is 2. The van der Waals surface area contributed by atoms with Crippen LogP contribution in [0.2, 0.25) is 0 Å². The number of thiophene rings is 1. The van der Waals surface area contributed by atoms with Crippen LogP contribution in [0.5, 0.6) is 5.75 Å². The number of hydrogen-bond acceptors (Lipinski definition) is 5. The van der Waals surface area contributed by atoms with E-state index in [2.05, 4.69) is 11.4 Å². The van der Waals surface area contributed by atoms with Gasteiger partial charge in [-0.2, -0.15) is 4.31 Å². The number of ether oxygens (including phenoxy) is 1. The van der Waals surface area contributed by atoms with Gasteiger partial charge in [0, 0.05) is 22.8 Å². The van der Waals surface area contributed by atoms with E-state index in [4.69, 9.17) is 4.74 Å². The molecule has 6 nitrogen and oxygen atoms in total. The number of methoxy groups -OCH3 is 1. The topological polar surface area (TPSA) is 66.9 Å². The van der Waals surface area contributed by atoms with Gasteiger partial charge in [0.1, 0.15) is 5.75 Å². The largest absolute Gasteiger partial charge is 0.497 e. The molecule has 0 N–H and O–H groups in total. The highest BCUT2D eigenvalue weighted by molar-refractivity contribution is 7.89. The molecule has 1 aromatic heterocycles. The fourth-order valence-electron chi connectivity index (χ4n) is 5.05. The summed E-state index contributed by atoms with van der Waals surface area (Å²) >= 11 is 1.70. The molecular weight excluding hydrogens is 504 g/mol. The van der Waals surface area contributed by atoms with Gasteiger partial charge in [0.15, 0.2) is 0 Å². The number of rotatable bonds is 7. The Morgan fingerprint density at radius 3 is 2.51 bits per heavy atom. The van der Waals surface area contributed by atoms with E-state index >= 15 is 0 Å². The highest BCUT2D eigenvalue weighted by Gasteiger charge is 2.37. The van der Waals surface area contributed by atoms with Crippen LogP contribution in [-0.4, -0.2) is 49.8 Å². The number of carbonyl (C=O) groups is 1. The summed E-state index contributed by atoms with van der Waals surface area (Å²) in [5.74, 6) is 0.533. The average Bonchev–Trinajstić information content (AvgIpc) is 3.39. The van der Waals surface area contributed by atoms with E-state index < -0.39 is 16.1 Å². The summed E-state index contributed by atoms with van der Waals surface area (Å²) in [6, 6.07) is 21.8. The molecule has 4 aromatic rings. The minimum absolute atomic E-state index is 0.213. The summed E-state index contributed by atoms with van der Waals surface area (Å²) in [6.45, 7) is 3.92.